The van der Waals surface area contributed by atoms with Gasteiger partial charge in [0, 0.05) is 26.2 Å². The van der Waals surface area contributed by atoms with Crippen molar-refractivity contribution in [2.24, 2.45) is 0 Å². The molecule has 0 spiro atoms. The number of benzene rings is 1. The first-order valence-corrected chi connectivity index (χ1v) is 11.9. The molecule has 0 radical (unpaired) electrons. The average Bonchev–Trinajstić information content (AvgIpc) is 3.47. The summed E-state index contributed by atoms with van der Waals surface area (Å²) in [6, 6.07) is 7.51. The number of carbonyl (C=O) groups is 2. The number of piperazine rings is 1. The highest BCUT2D eigenvalue weighted by molar-refractivity contribution is 7.17. The number of hydrogen-bond acceptors (Lipinski definition) is 8. The van der Waals surface area contributed by atoms with Crippen molar-refractivity contribution < 1.29 is 14.3 Å². The lowest BCUT2D eigenvalue weighted by Crippen LogP contribution is -2.44. The van der Waals surface area contributed by atoms with E-state index in [1.165, 1.54) is 11.3 Å². The summed E-state index contributed by atoms with van der Waals surface area (Å²) in [5.41, 5.74) is 1.55. The van der Waals surface area contributed by atoms with Crippen LogP contribution in [0.1, 0.15) is 41.4 Å². The van der Waals surface area contributed by atoms with E-state index in [-0.39, 0.29) is 5.91 Å². The fraction of sp³-hybridized carbons (Fsp3) is 0.455. The number of anilines is 1. The molecule has 1 unspecified atom stereocenters. The number of fused-ring (bicyclic) bond motifs is 1. The van der Waals surface area contributed by atoms with Crippen molar-refractivity contribution in [3.8, 4) is 0 Å². The first kappa shape index (κ1) is 23.0. The van der Waals surface area contributed by atoms with Gasteiger partial charge >= 0.3 is 6.09 Å². The third kappa shape index (κ3) is 5.79. The van der Waals surface area contributed by atoms with E-state index < -0.39 is 12.3 Å². The molecule has 1 aromatic carbocycles. The fourth-order valence-electron chi connectivity index (χ4n) is 3.47. The zero-order valence-electron chi connectivity index (χ0n) is 18.8. The maximum absolute atomic E-state index is 13.0. The largest absolute Gasteiger partial charge is 0.450 e. The summed E-state index contributed by atoms with van der Waals surface area (Å²) in [4.78, 5) is 42.4. The molecule has 2 amide bonds. The Morgan fingerprint density at radius 3 is 2.76 bits per heavy atom. The number of aromatic nitrogens is 3. The highest BCUT2D eigenvalue weighted by Crippen LogP contribution is 2.24. The standard InChI is InChI=1S/C22H29N7O3S/c1-3-4-13-32-22(31)27-19(18-24-15-7-5-6-8-16(15)25-18)26-20(30)17-14-23-21(33-17)29-11-9-28(2)10-12-29/h5-8,14,19H,3-4,9-13H2,1-2H3,(H,24,25)(H,26,30)(H,27,31). The molecule has 0 saturated carbocycles. The van der Waals surface area contributed by atoms with Crippen LogP contribution in [0.5, 0.6) is 0 Å². The predicted octanol–water partition coefficient (Wildman–Crippen LogP) is 2.73. The normalized spacial score (nSPS) is 15.4. The topological polar surface area (TPSA) is 115 Å². The third-order valence-electron chi connectivity index (χ3n) is 5.44. The number of hydrogen-bond donors (Lipinski definition) is 3. The van der Waals surface area contributed by atoms with Gasteiger partial charge in [0.1, 0.15) is 4.88 Å². The van der Waals surface area contributed by atoms with Crippen molar-refractivity contribution in [1.29, 1.82) is 0 Å². The molecule has 0 aliphatic carbocycles. The van der Waals surface area contributed by atoms with Gasteiger partial charge in [-0.15, -0.1) is 0 Å². The molecule has 11 heteroatoms. The summed E-state index contributed by atoms with van der Waals surface area (Å²) in [7, 11) is 2.09. The van der Waals surface area contributed by atoms with Crippen LogP contribution in [0.2, 0.25) is 0 Å². The second-order valence-electron chi connectivity index (χ2n) is 7.98. The van der Waals surface area contributed by atoms with E-state index in [0.29, 0.717) is 17.3 Å². The number of aromatic amines is 1. The number of H-pyrrole nitrogens is 1. The maximum Gasteiger partial charge on any atom is 0.409 e. The van der Waals surface area contributed by atoms with Crippen molar-refractivity contribution >= 4 is 39.5 Å². The SMILES string of the molecule is CCCCOC(=O)NC(NC(=O)c1cnc(N2CCN(C)CC2)s1)c1nc2ccccc2[nH]1. The van der Waals surface area contributed by atoms with E-state index in [1.54, 1.807) is 6.20 Å². The minimum absolute atomic E-state index is 0.312. The summed E-state index contributed by atoms with van der Waals surface area (Å²) in [6.45, 7) is 5.99. The summed E-state index contributed by atoms with van der Waals surface area (Å²) in [5.74, 6) is 0.0768. The molecule has 1 aliphatic heterocycles. The van der Waals surface area contributed by atoms with Gasteiger partial charge in [0.15, 0.2) is 17.1 Å². The Kier molecular flexibility index (Phi) is 7.40. The highest BCUT2D eigenvalue weighted by atomic mass is 32.1. The number of nitrogens with zero attached hydrogens (tertiary/aromatic N) is 4. The Morgan fingerprint density at radius 2 is 2.00 bits per heavy atom. The van der Waals surface area contributed by atoms with Crippen molar-refractivity contribution in [3.05, 3.63) is 41.2 Å². The lowest BCUT2D eigenvalue weighted by Gasteiger charge is -2.32. The first-order valence-electron chi connectivity index (χ1n) is 11.1. The van der Waals surface area contributed by atoms with Crippen LogP contribution in [-0.4, -0.2) is 71.7 Å². The number of thiazole rings is 1. The van der Waals surface area contributed by atoms with Crippen LogP contribution >= 0.6 is 11.3 Å². The van der Waals surface area contributed by atoms with Crippen LogP contribution < -0.4 is 15.5 Å². The van der Waals surface area contributed by atoms with Gasteiger partial charge < -0.3 is 24.8 Å². The van der Waals surface area contributed by atoms with Gasteiger partial charge in [0.2, 0.25) is 0 Å². The number of nitrogens with one attached hydrogen (secondary N) is 3. The van der Waals surface area contributed by atoms with E-state index in [9.17, 15) is 9.59 Å². The van der Waals surface area contributed by atoms with Gasteiger partial charge in [-0.1, -0.05) is 36.8 Å². The summed E-state index contributed by atoms with van der Waals surface area (Å²) in [6.07, 6.45) is 1.76. The summed E-state index contributed by atoms with van der Waals surface area (Å²) >= 11 is 1.34. The van der Waals surface area contributed by atoms with Crippen molar-refractivity contribution in [3.63, 3.8) is 0 Å². The van der Waals surface area contributed by atoms with Crippen LogP contribution in [0.4, 0.5) is 9.93 Å². The highest BCUT2D eigenvalue weighted by Gasteiger charge is 2.24. The van der Waals surface area contributed by atoms with Crippen LogP contribution in [0, 0.1) is 0 Å². The molecule has 4 rings (SSSR count). The van der Waals surface area contributed by atoms with Gasteiger partial charge in [-0.3, -0.25) is 10.1 Å². The number of carbonyl (C=O) groups excluding carboxylic acids is 2. The lowest BCUT2D eigenvalue weighted by molar-refractivity contribution is 0.0923. The molecule has 33 heavy (non-hydrogen) atoms. The van der Waals surface area contributed by atoms with Crippen LogP contribution in [0.3, 0.4) is 0 Å². The number of imidazole rings is 1. The minimum Gasteiger partial charge on any atom is -0.450 e. The van der Waals surface area contributed by atoms with E-state index in [2.05, 4.69) is 42.4 Å². The zero-order chi connectivity index (χ0) is 23.2. The first-order chi connectivity index (χ1) is 16.0. The quantitative estimate of drug-likeness (QED) is 0.342. The van der Waals surface area contributed by atoms with Gasteiger partial charge in [0.05, 0.1) is 23.8 Å². The van der Waals surface area contributed by atoms with E-state index in [1.807, 2.05) is 31.2 Å². The second-order valence-corrected chi connectivity index (χ2v) is 8.99. The number of ether oxygens (including phenoxy) is 1. The molecule has 1 atom stereocenters. The van der Waals surface area contributed by atoms with Crippen LogP contribution in [0.15, 0.2) is 30.5 Å². The van der Waals surface area contributed by atoms with Gasteiger partial charge in [-0.2, -0.15) is 0 Å². The van der Waals surface area contributed by atoms with Gasteiger partial charge in [0.25, 0.3) is 5.91 Å². The molecule has 1 aliphatic rings. The second kappa shape index (κ2) is 10.6. The van der Waals surface area contributed by atoms with Gasteiger partial charge in [-0.05, 0) is 25.6 Å². The Labute approximate surface area is 196 Å². The Bertz CT molecular complexity index is 1060. The van der Waals surface area contributed by atoms with Gasteiger partial charge in [-0.25, -0.2) is 14.8 Å². The van der Waals surface area contributed by atoms with E-state index >= 15 is 0 Å². The molecule has 3 N–H and O–H groups in total. The number of likely N-dealkylation sites (N-methyl/N-ethyl adjacent to an activating group) is 1. The predicted molar refractivity (Wildman–Crippen MR) is 128 cm³/mol. The minimum atomic E-state index is -0.881. The average molecular weight is 472 g/mol. The number of alkyl carbamates (subject to hydrolysis) is 1. The third-order valence-corrected chi connectivity index (χ3v) is 6.50. The molecule has 2 aromatic heterocycles. The Hall–Kier alpha value is -3.18. The molecule has 176 valence electrons. The zero-order valence-corrected chi connectivity index (χ0v) is 19.7. The number of unbranched alkanes of at least 4 members (excludes halogenated alkanes) is 1. The maximum atomic E-state index is 13.0. The summed E-state index contributed by atoms with van der Waals surface area (Å²) < 4.78 is 5.22. The number of amides is 2. The lowest BCUT2D eigenvalue weighted by atomic mass is 10.3. The molecule has 3 heterocycles. The Morgan fingerprint density at radius 1 is 1.21 bits per heavy atom. The molecule has 0 bridgehead atoms. The van der Waals surface area contributed by atoms with E-state index in [4.69, 9.17) is 4.74 Å². The molecule has 1 fully saturated rings. The molecular formula is C22H29N7O3S. The van der Waals surface area contributed by atoms with Crippen molar-refractivity contribution in [1.82, 2.24) is 30.5 Å². The fourth-order valence-corrected chi connectivity index (χ4v) is 4.34. The van der Waals surface area contributed by atoms with Crippen molar-refractivity contribution in [2.45, 2.75) is 25.9 Å². The van der Waals surface area contributed by atoms with Crippen molar-refractivity contribution in [2.75, 3.05) is 44.7 Å². The monoisotopic (exact) mass is 471 g/mol. The number of rotatable bonds is 8. The summed E-state index contributed by atoms with van der Waals surface area (Å²) in [5, 5.41) is 6.38. The molecule has 1 saturated heterocycles. The molecule has 10 nitrogen and oxygen atoms in total. The smallest absolute Gasteiger partial charge is 0.409 e. The van der Waals surface area contributed by atoms with Crippen LogP contribution in [-0.2, 0) is 4.74 Å². The molecule has 3 aromatic rings. The number of para-hydroxylation sites is 2. The molecular weight excluding hydrogens is 442 g/mol. The Balaban J connectivity index is 1.48. The van der Waals surface area contributed by atoms with E-state index in [0.717, 1.165) is 55.2 Å². The van der Waals surface area contributed by atoms with Crippen LogP contribution in [0.25, 0.3) is 11.0 Å².